The quantitative estimate of drug-likeness (QED) is 0.568. The molecule has 6 nitrogen and oxygen atoms in total. The molecule has 0 saturated heterocycles. The maximum absolute atomic E-state index is 7.55. The molecule has 0 aromatic carbocycles. The van der Waals surface area contributed by atoms with Crippen LogP contribution in [0.3, 0.4) is 0 Å². The topological polar surface area (TPSA) is 88.1 Å². The molecule has 0 fully saturated rings. The maximum atomic E-state index is 7.55. The number of aryl methyl sites for hydroxylation is 1. The molecule has 0 aliphatic carbocycles. The number of hydrogen-bond donors (Lipinski definition) is 2. The Morgan fingerprint density at radius 2 is 2.00 bits per heavy atom. The number of nitrogens with two attached hydrogens (primary N) is 1. The van der Waals surface area contributed by atoms with Crippen molar-refractivity contribution in [2.75, 3.05) is 27.2 Å². The van der Waals surface area contributed by atoms with Gasteiger partial charge in [0.1, 0.15) is 12.4 Å². The molecule has 0 saturated carbocycles. The molecule has 0 aliphatic heterocycles. The number of nitrogens with one attached hydrogen (secondary N) is 1. The van der Waals surface area contributed by atoms with E-state index in [0.29, 0.717) is 18.1 Å². The van der Waals surface area contributed by atoms with E-state index in [1.165, 1.54) is 0 Å². The Bertz CT molecular complexity index is 417. The monoisotopic (exact) mass is 237 g/mol. The van der Waals surface area contributed by atoms with E-state index in [1.807, 2.05) is 32.8 Å². The number of ether oxygens (including phenoxy) is 1. The molecule has 0 atom stereocenters. The van der Waals surface area contributed by atoms with Crippen molar-refractivity contribution in [2.24, 2.45) is 5.73 Å². The molecular formula is C11H19N5O. The average molecular weight is 237 g/mol. The molecule has 1 aromatic rings. The van der Waals surface area contributed by atoms with Gasteiger partial charge in [0.15, 0.2) is 0 Å². The summed E-state index contributed by atoms with van der Waals surface area (Å²) >= 11 is 0. The number of likely N-dealkylation sites (N-methyl/N-ethyl adjacent to an activating group) is 1. The number of hydrogen-bond acceptors (Lipinski definition) is 5. The number of amidine groups is 1. The summed E-state index contributed by atoms with van der Waals surface area (Å²) in [6, 6.07) is 0. The molecule has 94 valence electrons. The Morgan fingerprint density at radius 3 is 2.53 bits per heavy atom. The fourth-order valence-electron chi connectivity index (χ4n) is 1.33. The molecule has 1 rings (SSSR count). The van der Waals surface area contributed by atoms with Gasteiger partial charge in [-0.1, -0.05) is 0 Å². The lowest BCUT2D eigenvalue weighted by molar-refractivity contribution is 0.251. The predicted octanol–water partition coefficient (Wildman–Crippen LogP) is 0.318. The zero-order valence-corrected chi connectivity index (χ0v) is 10.7. The molecule has 0 bridgehead atoms. The maximum Gasteiger partial charge on any atom is 0.244 e. The number of aromatic nitrogens is 2. The van der Waals surface area contributed by atoms with Gasteiger partial charge in [-0.15, -0.1) is 5.10 Å². The van der Waals surface area contributed by atoms with E-state index in [1.54, 1.807) is 0 Å². The van der Waals surface area contributed by atoms with Crippen molar-refractivity contribution in [3.05, 3.63) is 16.8 Å². The average Bonchev–Trinajstić information content (AvgIpc) is 2.22. The summed E-state index contributed by atoms with van der Waals surface area (Å²) < 4.78 is 5.51. The molecule has 0 spiro atoms. The lowest BCUT2D eigenvalue weighted by Gasteiger charge is -2.14. The summed E-state index contributed by atoms with van der Waals surface area (Å²) in [6.07, 6.45) is 0. The molecule has 6 heteroatoms. The van der Waals surface area contributed by atoms with Crippen LogP contribution in [-0.4, -0.2) is 48.2 Å². The third kappa shape index (κ3) is 3.39. The summed E-state index contributed by atoms with van der Waals surface area (Å²) in [7, 11) is 3.92. The minimum atomic E-state index is -0.0413. The van der Waals surface area contributed by atoms with E-state index >= 15 is 0 Å². The van der Waals surface area contributed by atoms with Crippen LogP contribution in [0.4, 0.5) is 0 Å². The first-order valence-corrected chi connectivity index (χ1v) is 5.39. The van der Waals surface area contributed by atoms with Crippen molar-refractivity contribution in [1.82, 2.24) is 15.1 Å². The number of nitrogen functional groups attached to an aromatic ring is 1. The molecule has 0 amide bonds. The molecule has 17 heavy (non-hydrogen) atoms. The van der Waals surface area contributed by atoms with Crippen LogP contribution in [0.25, 0.3) is 0 Å². The standard InChI is InChI=1S/C11H19N5O/c1-7-8(2)14-15-11(9(7)10(12)13)17-6-5-16(3)4/h5-6H2,1-4H3,(H3,12,13). The summed E-state index contributed by atoms with van der Waals surface area (Å²) in [5, 5.41) is 15.5. The Kier molecular flexibility index (Phi) is 4.39. The summed E-state index contributed by atoms with van der Waals surface area (Å²) in [5.41, 5.74) is 7.68. The van der Waals surface area contributed by atoms with Crippen molar-refractivity contribution in [2.45, 2.75) is 13.8 Å². The van der Waals surface area contributed by atoms with E-state index in [4.69, 9.17) is 15.9 Å². The second kappa shape index (κ2) is 5.58. The van der Waals surface area contributed by atoms with E-state index in [2.05, 4.69) is 10.2 Å². The Balaban J connectivity index is 2.91. The second-order valence-electron chi connectivity index (χ2n) is 4.16. The van der Waals surface area contributed by atoms with Crippen LogP contribution >= 0.6 is 0 Å². The van der Waals surface area contributed by atoms with Crippen molar-refractivity contribution in [1.29, 1.82) is 5.41 Å². The largest absolute Gasteiger partial charge is 0.475 e. The third-order valence-electron chi connectivity index (χ3n) is 2.47. The van der Waals surface area contributed by atoms with Crippen LogP contribution < -0.4 is 10.5 Å². The fourth-order valence-corrected chi connectivity index (χ4v) is 1.33. The summed E-state index contributed by atoms with van der Waals surface area (Å²) in [6.45, 7) is 4.95. The number of nitrogens with zero attached hydrogens (tertiary/aromatic N) is 3. The second-order valence-corrected chi connectivity index (χ2v) is 4.16. The van der Waals surface area contributed by atoms with Gasteiger partial charge in [0.25, 0.3) is 0 Å². The van der Waals surface area contributed by atoms with Crippen LogP contribution in [0.15, 0.2) is 0 Å². The molecule has 0 unspecified atom stereocenters. The van der Waals surface area contributed by atoms with Crippen molar-refractivity contribution < 1.29 is 4.74 Å². The molecular weight excluding hydrogens is 218 g/mol. The minimum absolute atomic E-state index is 0.0413. The molecule has 1 aromatic heterocycles. The van der Waals surface area contributed by atoms with Gasteiger partial charge in [-0.25, -0.2) is 0 Å². The van der Waals surface area contributed by atoms with Gasteiger partial charge >= 0.3 is 0 Å². The Morgan fingerprint density at radius 1 is 1.35 bits per heavy atom. The van der Waals surface area contributed by atoms with E-state index in [9.17, 15) is 0 Å². The third-order valence-corrected chi connectivity index (χ3v) is 2.47. The van der Waals surface area contributed by atoms with Crippen molar-refractivity contribution >= 4 is 5.84 Å². The summed E-state index contributed by atoms with van der Waals surface area (Å²) in [4.78, 5) is 2.00. The van der Waals surface area contributed by atoms with Gasteiger partial charge < -0.3 is 15.4 Å². The number of rotatable bonds is 5. The molecule has 1 heterocycles. The van der Waals surface area contributed by atoms with E-state index in [0.717, 1.165) is 17.8 Å². The fraction of sp³-hybridized carbons (Fsp3) is 0.545. The van der Waals surface area contributed by atoms with E-state index in [-0.39, 0.29) is 5.84 Å². The highest BCUT2D eigenvalue weighted by molar-refractivity contribution is 5.98. The van der Waals surface area contributed by atoms with Gasteiger partial charge in [-0.3, -0.25) is 5.41 Å². The van der Waals surface area contributed by atoms with Gasteiger partial charge in [0.05, 0.1) is 11.3 Å². The van der Waals surface area contributed by atoms with Crippen LogP contribution in [-0.2, 0) is 0 Å². The minimum Gasteiger partial charge on any atom is -0.475 e. The van der Waals surface area contributed by atoms with Crippen LogP contribution in [0, 0.1) is 19.3 Å². The normalized spacial score (nSPS) is 10.6. The van der Waals surface area contributed by atoms with Crippen LogP contribution in [0.1, 0.15) is 16.8 Å². The molecule has 0 aliphatic rings. The lowest BCUT2D eigenvalue weighted by Crippen LogP contribution is -2.22. The zero-order chi connectivity index (χ0) is 13.0. The first-order valence-electron chi connectivity index (χ1n) is 5.39. The van der Waals surface area contributed by atoms with Crippen molar-refractivity contribution in [3.63, 3.8) is 0 Å². The first kappa shape index (κ1) is 13.4. The zero-order valence-electron chi connectivity index (χ0n) is 10.7. The van der Waals surface area contributed by atoms with Gasteiger partial charge in [0, 0.05) is 6.54 Å². The highest BCUT2D eigenvalue weighted by atomic mass is 16.5. The highest BCUT2D eigenvalue weighted by Crippen LogP contribution is 2.19. The Labute approximate surface area is 101 Å². The SMILES string of the molecule is Cc1nnc(OCCN(C)C)c(C(=N)N)c1C. The van der Waals surface area contributed by atoms with Gasteiger partial charge in [-0.2, -0.15) is 5.10 Å². The predicted molar refractivity (Wildman–Crippen MR) is 66.6 cm³/mol. The molecule has 3 N–H and O–H groups in total. The van der Waals surface area contributed by atoms with Gasteiger partial charge in [0.2, 0.25) is 5.88 Å². The lowest BCUT2D eigenvalue weighted by atomic mass is 10.1. The highest BCUT2D eigenvalue weighted by Gasteiger charge is 2.14. The van der Waals surface area contributed by atoms with Crippen LogP contribution in [0.5, 0.6) is 5.88 Å². The Hall–Kier alpha value is -1.69. The molecule has 0 radical (unpaired) electrons. The van der Waals surface area contributed by atoms with Crippen LogP contribution in [0.2, 0.25) is 0 Å². The smallest absolute Gasteiger partial charge is 0.244 e. The first-order chi connectivity index (χ1) is 7.93. The summed E-state index contributed by atoms with van der Waals surface area (Å²) in [5.74, 6) is 0.294. The van der Waals surface area contributed by atoms with E-state index < -0.39 is 0 Å². The van der Waals surface area contributed by atoms with Crippen molar-refractivity contribution in [3.8, 4) is 5.88 Å². The van der Waals surface area contributed by atoms with Gasteiger partial charge in [-0.05, 0) is 33.5 Å².